The first-order valence-electron chi connectivity index (χ1n) is 6.47. The first-order valence-corrected chi connectivity index (χ1v) is 7.28. The molecule has 0 aliphatic rings. The first kappa shape index (κ1) is 13.7. The van der Waals surface area contributed by atoms with Gasteiger partial charge in [0.2, 0.25) is 5.13 Å². The summed E-state index contributed by atoms with van der Waals surface area (Å²) in [6.45, 7) is 11.1. The number of benzene rings is 1. The lowest BCUT2D eigenvalue weighted by molar-refractivity contribution is 0.964. The second-order valence-corrected chi connectivity index (χ2v) is 5.54. The predicted octanol–water partition coefficient (Wildman–Crippen LogP) is 4.29. The minimum absolute atomic E-state index is 0.889. The average molecular weight is 273 g/mol. The monoisotopic (exact) mass is 273 g/mol. The number of aryl methyl sites for hydroxylation is 2. The van der Waals surface area contributed by atoms with Gasteiger partial charge < -0.3 is 5.32 Å². The third kappa shape index (κ3) is 3.01. The molecular formula is C15H19N3S. The first-order chi connectivity index (χ1) is 9.15. The number of hydrogen-bond acceptors (Lipinski definition) is 4. The minimum atomic E-state index is 0.889. The van der Waals surface area contributed by atoms with Crippen molar-refractivity contribution < 1.29 is 0 Å². The molecule has 0 spiro atoms. The summed E-state index contributed by atoms with van der Waals surface area (Å²) in [6.07, 6.45) is 2.99. The van der Waals surface area contributed by atoms with Crippen LogP contribution in [-0.2, 0) is 0 Å². The third-order valence-electron chi connectivity index (χ3n) is 3.00. The maximum Gasteiger partial charge on any atom is 0.206 e. The molecule has 1 heterocycles. The molecule has 4 heteroatoms. The zero-order valence-corrected chi connectivity index (χ0v) is 12.5. The Morgan fingerprint density at radius 1 is 1.26 bits per heavy atom. The van der Waals surface area contributed by atoms with Crippen LogP contribution in [0.25, 0.3) is 16.6 Å². The molecule has 0 amide bonds. The normalized spacial score (nSPS) is 10.5. The van der Waals surface area contributed by atoms with Gasteiger partial charge in [-0.05, 0) is 49.1 Å². The summed E-state index contributed by atoms with van der Waals surface area (Å²) < 4.78 is 0. The highest BCUT2D eigenvalue weighted by atomic mass is 32.1. The van der Waals surface area contributed by atoms with Crippen molar-refractivity contribution in [3.8, 4) is 10.6 Å². The number of rotatable bonds is 5. The van der Waals surface area contributed by atoms with E-state index in [1.54, 1.807) is 11.3 Å². The van der Waals surface area contributed by atoms with Crippen molar-refractivity contribution in [2.75, 3.05) is 11.9 Å². The van der Waals surface area contributed by atoms with Gasteiger partial charge in [-0.2, -0.15) is 0 Å². The molecule has 0 aliphatic carbocycles. The molecule has 0 saturated carbocycles. The van der Waals surface area contributed by atoms with Crippen molar-refractivity contribution in [1.82, 2.24) is 10.2 Å². The molecule has 1 aromatic heterocycles. The van der Waals surface area contributed by atoms with Crippen LogP contribution < -0.4 is 5.32 Å². The molecule has 2 rings (SSSR count). The Morgan fingerprint density at radius 2 is 1.95 bits per heavy atom. The van der Waals surface area contributed by atoms with Gasteiger partial charge in [0.05, 0.1) is 0 Å². The van der Waals surface area contributed by atoms with E-state index in [2.05, 4.69) is 55.0 Å². The van der Waals surface area contributed by atoms with Gasteiger partial charge in [0.15, 0.2) is 0 Å². The number of hydrogen-bond donors (Lipinski definition) is 1. The fourth-order valence-electron chi connectivity index (χ4n) is 2.06. The van der Waals surface area contributed by atoms with Crippen LogP contribution in [0.2, 0.25) is 0 Å². The van der Waals surface area contributed by atoms with Crippen molar-refractivity contribution in [1.29, 1.82) is 0 Å². The minimum Gasteiger partial charge on any atom is -0.360 e. The topological polar surface area (TPSA) is 37.8 Å². The predicted molar refractivity (Wildman–Crippen MR) is 83.7 cm³/mol. The molecule has 3 nitrogen and oxygen atoms in total. The molecule has 19 heavy (non-hydrogen) atoms. The van der Waals surface area contributed by atoms with Crippen molar-refractivity contribution in [3.05, 3.63) is 35.4 Å². The Balaban J connectivity index is 2.31. The molecule has 0 atom stereocenters. The number of nitrogens with zero attached hydrogens (tertiary/aromatic N) is 2. The summed E-state index contributed by atoms with van der Waals surface area (Å²) >= 11 is 1.60. The van der Waals surface area contributed by atoms with E-state index >= 15 is 0 Å². The van der Waals surface area contributed by atoms with Crippen molar-refractivity contribution in [2.24, 2.45) is 0 Å². The molecule has 0 radical (unpaired) electrons. The van der Waals surface area contributed by atoms with E-state index in [-0.39, 0.29) is 0 Å². The van der Waals surface area contributed by atoms with Crippen LogP contribution >= 0.6 is 11.3 Å². The molecule has 1 N–H and O–H groups in total. The van der Waals surface area contributed by atoms with Crippen LogP contribution in [0.4, 0.5) is 5.13 Å². The molecule has 0 bridgehead atoms. The van der Waals surface area contributed by atoms with Crippen LogP contribution in [0.1, 0.15) is 30.0 Å². The van der Waals surface area contributed by atoms with E-state index in [1.165, 1.54) is 16.7 Å². The molecular weight excluding hydrogens is 254 g/mol. The Bertz CT molecular complexity index is 564. The smallest absolute Gasteiger partial charge is 0.206 e. The maximum absolute atomic E-state index is 4.26. The molecule has 1 aromatic carbocycles. The Morgan fingerprint density at radius 3 is 2.53 bits per heavy atom. The molecule has 100 valence electrons. The SMILES string of the molecule is C=Cc1c(C)cc(-c2nnc(NCCC)s2)cc1C. The fraction of sp³-hybridized carbons (Fsp3) is 0.333. The van der Waals surface area contributed by atoms with Gasteiger partial charge in [-0.1, -0.05) is 30.9 Å². The summed E-state index contributed by atoms with van der Waals surface area (Å²) in [7, 11) is 0. The van der Waals surface area contributed by atoms with E-state index < -0.39 is 0 Å². The maximum atomic E-state index is 4.26. The van der Waals surface area contributed by atoms with Crippen LogP contribution in [0.15, 0.2) is 18.7 Å². The summed E-state index contributed by atoms with van der Waals surface area (Å²) in [4.78, 5) is 0. The van der Waals surface area contributed by atoms with Gasteiger partial charge in [0.25, 0.3) is 0 Å². The Hall–Kier alpha value is -1.68. The largest absolute Gasteiger partial charge is 0.360 e. The summed E-state index contributed by atoms with van der Waals surface area (Å²) in [6, 6.07) is 4.29. The average Bonchev–Trinajstić information content (AvgIpc) is 2.84. The van der Waals surface area contributed by atoms with Gasteiger partial charge in [0, 0.05) is 12.1 Å². The summed E-state index contributed by atoms with van der Waals surface area (Å²) in [5.74, 6) is 0. The van der Waals surface area contributed by atoms with E-state index in [0.29, 0.717) is 0 Å². The van der Waals surface area contributed by atoms with Crippen molar-refractivity contribution >= 4 is 22.5 Å². The summed E-state index contributed by atoms with van der Waals surface area (Å²) in [5.41, 5.74) is 4.78. The highest BCUT2D eigenvalue weighted by molar-refractivity contribution is 7.18. The van der Waals surface area contributed by atoms with Crippen LogP contribution in [0, 0.1) is 13.8 Å². The number of nitrogens with one attached hydrogen (secondary N) is 1. The lowest BCUT2D eigenvalue weighted by Crippen LogP contribution is -1.98. The molecule has 0 saturated heterocycles. The molecule has 0 aliphatic heterocycles. The standard InChI is InChI=1S/C15H19N3S/c1-5-7-16-15-18-17-14(19-15)12-8-10(3)13(6-2)11(4)9-12/h6,8-9H,2,5,7H2,1,3-4H3,(H,16,18). The van der Waals surface area contributed by atoms with E-state index in [9.17, 15) is 0 Å². The quantitative estimate of drug-likeness (QED) is 0.883. The zero-order chi connectivity index (χ0) is 13.8. The highest BCUT2D eigenvalue weighted by Gasteiger charge is 2.09. The van der Waals surface area contributed by atoms with Gasteiger partial charge in [-0.3, -0.25) is 0 Å². The Kier molecular flexibility index (Phi) is 4.32. The second-order valence-electron chi connectivity index (χ2n) is 4.57. The highest BCUT2D eigenvalue weighted by Crippen LogP contribution is 2.29. The summed E-state index contributed by atoms with van der Waals surface area (Å²) in [5, 5.41) is 13.5. The van der Waals surface area contributed by atoms with Gasteiger partial charge in [0.1, 0.15) is 5.01 Å². The number of aromatic nitrogens is 2. The van der Waals surface area contributed by atoms with Crippen molar-refractivity contribution in [2.45, 2.75) is 27.2 Å². The van der Waals surface area contributed by atoms with Gasteiger partial charge in [-0.25, -0.2) is 0 Å². The van der Waals surface area contributed by atoms with Crippen LogP contribution in [0.5, 0.6) is 0 Å². The Labute approximate surface area is 118 Å². The van der Waals surface area contributed by atoms with E-state index in [4.69, 9.17) is 0 Å². The van der Waals surface area contributed by atoms with Crippen LogP contribution in [-0.4, -0.2) is 16.7 Å². The van der Waals surface area contributed by atoms with Crippen molar-refractivity contribution in [3.63, 3.8) is 0 Å². The van der Waals surface area contributed by atoms with E-state index in [0.717, 1.165) is 28.7 Å². The fourth-order valence-corrected chi connectivity index (χ4v) is 2.82. The zero-order valence-electron chi connectivity index (χ0n) is 11.7. The van der Waals surface area contributed by atoms with Crippen LogP contribution in [0.3, 0.4) is 0 Å². The molecule has 0 unspecified atom stereocenters. The van der Waals surface area contributed by atoms with Gasteiger partial charge >= 0.3 is 0 Å². The third-order valence-corrected chi connectivity index (χ3v) is 3.93. The number of anilines is 1. The lowest BCUT2D eigenvalue weighted by atomic mass is 10.00. The molecule has 0 fully saturated rings. The lowest BCUT2D eigenvalue weighted by Gasteiger charge is -2.07. The molecule has 2 aromatic rings. The second kappa shape index (κ2) is 5.97. The van der Waals surface area contributed by atoms with Gasteiger partial charge in [-0.15, -0.1) is 10.2 Å². The van der Waals surface area contributed by atoms with E-state index in [1.807, 2.05) is 6.08 Å².